The third kappa shape index (κ3) is 5.09. The molecule has 1 aliphatic rings. The highest BCUT2D eigenvalue weighted by atomic mass is 32.2. The molecule has 1 aromatic carbocycles. The van der Waals surface area contributed by atoms with Gasteiger partial charge in [-0.25, -0.2) is 13.4 Å². The number of anilines is 1. The predicted octanol–water partition coefficient (Wildman–Crippen LogP) is 2.67. The molecule has 0 spiro atoms. The van der Waals surface area contributed by atoms with E-state index in [0.717, 1.165) is 0 Å². The lowest BCUT2D eigenvalue weighted by atomic mass is 10.2. The fraction of sp³-hybridized carbons (Fsp3) is 0.231. The van der Waals surface area contributed by atoms with Crippen LogP contribution < -0.4 is 15.2 Å². The first-order valence-corrected chi connectivity index (χ1v) is 13.3. The number of hydrogen-bond donors (Lipinski definition) is 0. The van der Waals surface area contributed by atoms with E-state index in [1.54, 1.807) is 36.7 Å². The van der Waals surface area contributed by atoms with Gasteiger partial charge < -0.3 is 9.64 Å². The van der Waals surface area contributed by atoms with Crippen LogP contribution in [-0.4, -0.2) is 58.7 Å². The number of ether oxygens (including phenoxy) is 1. The van der Waals surface area contributed by atoms with Crippen molar-refractivity contribution in [3.63, 3.8) is 0 Å². The van der Waals surface area contributed by atoms with Gasteiger partial charge in [0.1, 0.15) is 11.8 Å². The van der Waals surface area contributed by atoms with Crippen LogP contribution in [0.2, 0.25) is 0 Å². The van der Waals surface area contributed by atoms with Crippen LogP contribution in [-0.2, 0) is 10.0 Å². The van der Waals surface area contributed by atoms with Gasteiger partial charge in [-0.05, 0) is 43.3 Å². The predicted molar refractivity (Wildman–Crippen MR) is 138 cm³/mol. The Morgan fingerprint density at radius 2 is 1.54 bits per heavy atom. The molecule has 1 aliphatic heterocycles. The lowest BCUT2D eigenvalue weighted by Gasteiger charge is -2.35. The first kappa shape index (κ1) is 24.6. The molecule has 0 saturated carbocycles. The second kappa shape index (κ2) is 10.5. The van der Waals surface area contributed by atoms with Crippen LogP contribution in [0, 0.1) is 0 Å². The van der Waals surface area contributed by atoms with Crippen molar-refractivity contribution in [2.75, 3.05) is 31.1 Å². The number of pyridine rings is 2. The number of sulfonamides is 1. The molecular formula is C26H26N6O4S. The van der Waals surface area contributed by atoms with Gasteiger partial charge in [-0.1, -0.05) is 30.3 Å². The topological polar surface area (TPSA) is 111 Å². The molecule has 4 aromatic rings. The van der Waals surface area contributed by atoms with E-state index in [1.165, 1.54) is 21.3 Å². The van der Waals surface area contributed by atoms with E-state index in [9.17, 15) is 13.2 Å². The van der Waals surface area contributed by atoms with Crippen LogP contribution in [0.15, 0.2) is 95.1 Å². The number of piperazine rings is 1. The Morgan fingerprint density at radius 3 is 2.19 bits per heavy atom. The van der Waals surface area contributed by atoms with Gasteiger partial charge >= 0.3 is 5.56 Å². The molecule has 0 N–H and O–H groups in total. The highest BCUT2D eigenvalue weighted by Crippen LogP contribution is 2.30. The zero-order valence-corrected chi connectivity index (χ0v) is 21.0. The monoisotopic (exact) mass is 518 g/mol. The Morgan fingerprint density at radius 1 is 0.865 bits per heavy atom. The molecule has 1 unspecified atom stereocenters. The average Bonchev–Trinajstić information content (AvgIpc) is 2.95. The van der Waals surface area contributed by atoms with Gasteiger partial charge in [-0.3, -0.25) is 9.78 Å². The second-order valence-electron chi connectivity index (χ2n) is 8.49. The van der Waals surface area contributed by atoms with Crippen LogP contribution in [0.4, 0.5) is 5.69 Å². The van der Waals surface area contributed by atoms with Crippen molar-refractivity contribution in [3.8, 4) is 11.4 Å². The molecule has 11 heteroatoms. The Balaban J connectivity index is 1.45. The molecule has 10 nitrogen and oxygen atoms in total. The van der Waals surface area contributed by atoms with E-state index < -0.39 is 21.7 Å². The van der Waals surface area contributed by atoms with Crippen LogP contribution in [0.5, 0.6) is 5.75 Å². The van der Waals surface area contributed by atoms with Gasteiger partial charge in [0.05, 0.1) is 17.6 Å². The summed E-state index contributed by atoms with van der Waals surface area (Å²) in [6.07, 6.45) is 4.23. The molecule has 37 heavy (non-hydrogen) atoms. The van der Waals surface area contributed by atoms with Crippen molar-refractivity contribution < 1.29 is 13.2 Å². The highest BCUT2D eigenvalue weighted by Gasteiger charge is 2.31. The first-order valence-electron chi connectivity index (χ1n) is 11.9. The average molecular weight is 519 g/mol. The minimum Gasteiger partial charge on any atom is -0.477 e. The van der Waals surface area contributed by atoms with Crippen LogP contribution in [0.3, 0.4) is 0 Å². The van der Waals surface area contributed by atoms with E-state index in [2.05, 4.69) is 15.1 Å². The van der Waals surface area contributed by atoms with Crippen LogP contribution >= 0.6 is 0 Å². The summed E-state index contributed by atoms with van der Waals surface area (Å²) >= 11 is 0. The number of hydrogen-bond acceptors (Lipinski definition) is 8. The summed E-state index contributed by atoms with van der Waals surface area (Å²) in [7, 11) is -3.71. The lowest BCUT2D eigenvalue weighted by molar-refractivity contribution is 0.217. The second-order valence-corrected chi connectivity index (χ2v) is 10.4. The quantitative estimate of drug-likeness (QED) is 0.367. The van der Waals surface area contributed by atoms with E-state index >= 15 is 0 Å². The molecule has 0 radical (unpaired) electrons. The normalized spacial score (nSPS) is 15.3. The van der Waals surface area contributed by atoms with Gasteiger partial charge in [0, 0.05) is 38.6 Å². The molecule has 4 heterocycles. The molecule has 3 aromatic heterocycles. The van der Waals surface area contributed by atoms with Crippen molar-refractivity contribution in [2.45, 2.75) is 18.1 Å². The van der Waals surface area contributed by atoms with Gasteiger partial charge in [0.25, 0.3) is 10.0 Å². The lowest BCUT2D eigenvalue weighted by Crippen LogP contribution is -2.49. The summed E-state index contributed by atoms with van der Waals surface area (Å²) in [5.74, 6) is 0.137. The summed E-state index contributed by atoms with van der Waals surface area (Å²) in [4.78, 5) is 23.9. The van der Waals surface area contributed by atoms with E-state index in [1.807, 2.05) is 48.2 Å². The van der Waals surface area contributed by atoms with Gasteiger partial charge in [0.2, 0.25) is 5.75 Å². The molecule has 1 fully saturated rings. The van der Waals surface area contributed by atoms with Crippen molar-refractivity contribution in [3.05, 3.63) is 101 Å². The molecule has 1 saturated heterocycles. The Labute approximate surface area is 214 Å². The van der Waals surface area contributed by atoms with Crippen LogP contribution in [0.1, 0.15) is 18.7 Å². The third-order valence-corrected chi connectivity index (χ3v) is 7.95. The molecular weight excluding hydrogens is 492 g/mol. The molecule has 190 valence electrons. The standard InChI is InChI=1S/C26H26N6O4S/c1-20(22-11-5-7-13-27-22)36-25-23(19-29-32(26(25)33)21-9-3-2-4-10-21)30-15-17-31(18-16-30)37(34,35)24-12-6-8-14-28-24/h2-14,19-20H,15-18H2,1H3. The van der Waals surface area contributed by atoms with Crippen molar-refractivity contribution in [1.29, 1.82) is 0 Å². The molecule has 0 aliphatic carbocycles. The number of nitrogens with zero attached hydrogens (tertiary/aromatic N) is 6. The Hall–Kier alpha value is -4.09. The number of para-hydroxylation sites is 1. The summed E-state index contributed by atoms with van der Waals surface area (Å²) in [6, 6.07) is 19.4. The number of aromatic nitrogens is 4. The third-order valence-electron chi connectivity index (χ3n) is 6.14. The van der Waals surface area contributed by atoms with Crippen LogP contribution in [0.25, 0.3) is 5.69 Å². The number of rotatable bonds is 7. The van der Waals surface area contributed by atoms with E-state index in [-0.39, 0.29) is 23.9 Å². The maximum absolute atomic E-state index is 13.6. The fourth-order valence-electron chi connectivity index (χ4n) is 4.17. The fourth-order valence-corrected chi connectivity index (χ4v) is 5.53. The summed E-state index contributed by atoms with van der Waals surface area (Å²) in [5, 5.41) is 4.42. The Kier molecular flexibility index (Phi) is 6.97. The smallest absolute Gasteiger partial charge is 0.316 e. The first-order chi connectivity index (χ1) is 17.9. The minimum atomic E-state index is -3.71. The minimum absolute atomic E-state index is 0.0174. The van der Waals surface area contributed by atoms with Gasteiger partial charge in [-0.2, -0.15) is 14.1 Å². The zero-order valence-electron chi connectivity index (χ0n) is 20.2. The van der Waals surface area contributed by atoms with E-state index in [4.69, 9.17) is 4.74 Å². The molecule has 1 atom stereocenters. The van der Waals surface area contributed by atoms with Crippen molar-refractivity contribution in [1.82, 2.24) is 24.1 Å². The Bertz CT molecular complexity index is 1510. The summed E-state index contributed by atoms with van der Waals surface area (Å²) in [5.41, 5.74) is 1.40. The summed E-state index contributed by atoms with van der Waals surface area (Å²) < 4.78 is 34.9. The van der Waals surface area contributed by atoms with Gasteiger partial charge in [-0.15, -0.1) is 0 Å². The maximum atomic E-state index is 13.6. The zero-order chi connectivity index (χ0) is 25.8. The van der Waals surface area contributed by atoms with Crippen molar-refractivity contribution >= 4 is 15.7 Å². The summed E-state index contributed by atoms with van der Waals surface area (Å²) in [6.45, 7) is 3.01. The number of benzene rings is 1. The largest absolute Gasteiger partial charge is 0.477 e. The maximum Gasteiger partial charge on any atom is 0.316 e. The SMILES string of the molecule is CC(Oc1c(N2CCN(S(=O)(=O)c3ccccn3)CC2)cnn(-c2ccccc2)c1=O)c1ccccn1. The molecule has 0 bridgehead atoms. The van der Waals surface area contributed by atoms with Crippen molar-refractivity contribution in [2.24, 2.45) is 0 Å². The molecule has 5 rings (SSSR count). The molecule has 0 amide bonds. The van der Waals surface area contributed by atoms with E-state index in [0.29, 0.717) is 30.2 Å². The van der Waals surface area contributed by atoms with Gasteiger partial charge in [0.15, 0.2) is 5.03 Å². The highest BCUT2D eigenvalue weighted by molar-refractivity contribution is 7.89.